The summed E-state index contributed by atoms with van der Waals surface area (Å²) in [5.41, 5.74) is 1.16. The smallest absolute Gasteiger partial charge is 0.303 e. The Morgan fingerprint density at radius 1 is 1.22 bits per heavy atom. The highest BCUT2D eigenvalue weighted by Gasteiger charge is 2.10. The van der Waals surface area contributed by atoms with E-state index in [1.54, 1.807) is 0 Å². The molecule has 1 N–H and O–H groups in total. The minimum absolute atomic E-state index is 0.0807. The molecular weight excluding hydrogens is 230 g/mol. The highest BCUT2D eigenvalue weighted by Crippen LogP contribution is 2.09. The molecule has 0 atom stereocenters. The van der Waals surface area contributed by atoms with Crippen molar-refractivity contribution in [3.63, 3.8) is 0 Å². The quantitative estimate of drug-likeness (QED) is 0.865. The fourth-order valence-electron chi connectivity index (χ4n) is 1.77. The molecule has 2 aromatic rings. The van der Waals surface area contributed by atoms with Gasteiger partial charge in [-0.15, -0.1) is 10.2 Å². The lowest BCUT2D eigenvalue weighted by molar-refractivity contribution is -0.137. The molecule has 1 aromatic heterocycles. The van der Waals surface area contributed by atoms with Gasteiger partial charge in [-0.3, -0.25) is 4.79 Å². The zero-order valence-corrected chi connectivity index (χ0v) is 10.2. The molecule has 1 heterocycles. The van der Waals surface area contributed by atoms with Crippen LogP contribution in [-0.2, 0) is 24.7 Å². The number of nitrogens with zero attached hydrogens (tertiary/aromatic N) is 3. The molecule has 0 aliphatic carbocycles. The number of aromatic nitrogens is 3. The maximum absolute atomic E-state index is 10.5. The van der Waals surface area contributed by atoms with Gasteiger partial charge in [0, 0.05) is 19.9 Å². The van der Waals surface area contributed by atoms with Crippen molar-refractivity contribution >= 4 is 5.97 Å². The molecule has 0 aliphatic heterocycles. The Morgan fingerprint density at radius 3 is 2.56 bits per heavy atom. The number of aryl methyl sites for hydroxylation is 1. The SMILES string of the molecule is Cn1c(CCC(=O)O)nnc1Cc1ccccc1. The Morgan fingerprint density at radius 2 is 1.89 bits per heavy atom. The molecule has 0 amide bonds. The van der Waals surface area contributed by atoms with Crippen molar-refractivity contribution in [2.75, 3.05) is 0 Å². The monoisotopic (exact) mass is 245 g/mol. The lowest BCUT2D eigenvalue weighted by Crippen LogP contribution is -2.05. The van der Waals surface area contributed by atoms with E-state index < -0.39 is 5.97 Å². The number of rotatable bonds is 5. The summed E-state index contributed by atoms with van der Waals surface area (Å²) in [5, 5.41) is 16.8. The topological polar surface area (TPSA) is 68.0 Å². The molecule has 0 unspecified atom stereocenters. The minimum Gasteiger partial charge on any atom is -0.481 e. The Hall–Kier alpha value is -2.17. The van der Waals surface area contributed by atoms with Crippen LogP contribution in [0.3, 0.4) is 0 Å². The van der Waals surface area contributed by atoms with Gasteiger partial charge in [0.1, 0.15) is 11.6 Å². The molecular formula is C13H15N3O2. The zero-order chi connectivity index (χ0) is 13.0. The molecule has 0 saturated heterocycles. The number of aliphatic carboxylic acids is 1. The van der Waals surface area contributed by atoms with Gasteiger partial charge in [0.05, 0.1) is 6.42 Å². The second kappa shape index (κ2) is 5.44. The largest absolute Gasteiger partial charge is 0.481 e. The predicted octanol–water partition coefficient (Wildman–Crippen LogP) is 1.42. The molecule has 18 heavy (non-hydrogen) atoms. The van der Waals surface area contributed by atoms with Gasteiger partial charge < -0.3 is 9.67 Å². The van der Waals surface area contributed by atoms with E-state index in [0.29, 0.717) is 18.7 Å². The van der Waals surface area contributed by atoms with Crippen LogP contribution in [0.15, 0.2) is 30.3 Å². The van der Waals surface area contributed by atoms with Crippen LogP contribution < -0.4 is 0 Å². The first-order valence-electron chi connectivity index (χ1n) is 5.79. The second-order valence-corrected chi connectivity index (χ2v) is 4.15. The summed E-state index contributed by atoms with van der Waals surface area (Å²) in [6.07, 6.45) is 1.20. The van der Waals surface area contributed by atoms with Crippen molar-refractivity contribution in [1.82, 2.24) is 14.8 Å². The van der Waals surface area contributed by atoms with Gasteiger partial charge in [-0.2, -0.15) is 0 Å². The van der Waals surface area contributed by atoms with E-state index in [4.69, 9.17) is 5.11 Å². The van der Waals surface area contributed by atoms with E-state index in [9.17, 15) is 4.79 Å². The normalized spacial score (nSPS) is 10.5. The number of carboxylic acids is 1. The molecule has 94 valence electrons. The third-order valence-corrected chi connectivity index (χ3v) is 2.82. The standard InChI is InChI=1S/C13H15N3O2/c1-16-11(7-8-13(17)18)14-15-12(16)9-10-5-3-2-4-6-10/h2-6H,7-9H2,1H3,(H,17,18). The Kier molecular flexibility index (Phi) is 3.72. The number of carbonyl (C=O) groups is 1. The van der Waals surface area contributed by atoms with Gasteiger partial charge in [-0.25, -0.2) is 0 Å². The number of carboxylic acid groups (broad SMARTS) is 1. The summed E-state index contributed by atoms with van der Waals surface area (Å²) in [6.45, 7) is 0. The molecule has 1 aromatic carbocycles. The fourth-order valence-corrected chi connectivity index (χ4v) is 1.77. The van der Waals surface area contributed by atoms with Gasteiger partial charge in [0.2, 0.25) is 0 Å². The van der Waals surface area contributed by atoms with E-state index >= 15 is 0 Å². The molecule has 2 rings (SSSR count). The molecule has 5 heteroatoms. The van der Waals surface area contributed by atoms with Crippen LogP contribution >= 0.6 is 0 Å². The predicted molar refractivity (Wildman–Crippen MR) is 66.2 cm³/mol. The van der Waals surface area contributed by atoms with Crippen LogP contribution in [0.2, 0.25) is 0 Å². The first-order chi connectivity index (χ1) is 8.66. The van der Waals surface area contributed by atoms with E-state index in [1.807, 2.05) is 41.9 Å². The van der Waals surface area contributed by atoms with Crippen molar-refractivity contribution in [2.45, 2.75) is 19.3 Å². The number of benzene rings is 1. The van der Waals surface area contributed by atoms with Gasteiger partial charge in [-0.1, -0.05) is 30.3 Å². The summed E-state index contributed by atoms with van der Waals surface area (Å²) < 4.78 is 1.87. The first kappa shape index (κ1) is 12.3. The van der Waals surface area contributed by atoms with E-state index in [2.05, 4.69) is 10.2 Å². The molecule has 0 spiro atoms. The van der Waals surface area contributed by atoms with Crippen LogP contribution in [0.25, 0.3) is 0 Å². The summed E-state index contributed by atoms with van der Waals surface area (Å²) >= 11 is 0. The third-order valence-electron chi connectivity index (χ3n) is 2.82. The van der Waals surface area contributed by atoms with Crippen LogP contribution in [-0.4, -0.2) is 25.8 Å². The number of hydrogen-bond donors (Lipinski definition) is 1. The van der Waals surface area contributed by atoms with Crippen molar-refractivity contribution in [3.05, 3.63) is 47.5 Å². The molecule has 0 bridgehead atoms. The van der Waals surface area contributed by atoms with Crippen molar-refractivity contribution < 1.29 is 9.90 Å². The lowest BCUT2D eigenvalue weighted by atomic mass is 10.1. The molecule has 0 saturated carbocycles. The average molecular weight is 245 g/mol. The summed E-state index contributed by atoms with van der Waals surface area (Å²) in [7, 11) is 1.87. The molecule has 0 aliphatic rings. The van der Waals surface area contributed by atoms with Crippen LogP contribution in [0, 0.1) is 0 Å². The van der Waals surface area contributed by atoms with Gasteiger partial charge in [0.25, 0.3) is 0 Å². The summed E-state index contributed by atoms with van der Waals surface area (Å²) in [6, 6.07) is 10.0. The highest BCUT2D eigenvalue weighted by atomic mass is 16.4. The second-order valence-electron chi connectivity index (χ2n) is 4.15. The molecule has 5 nitrogen and oxygen atoms in total. The summed E-state index contributed by atoms with van der Waals surface area (Å²) in [4.78, 5) is 10.5. The minimum atomic E-state index is -0.817. The van der Waals surface area contributed by atoms with Gasteiger partial charge in [0.15, 0.2) is 0 Å². The van der Waals surface area contributed by atoms with Crippen molar-refractivity contribution in [3.8, 4) is 0 Å². The van der Waals surface area contributed by atoms with Crippen LogP contribution in [0.4, 0.5) is 0 Å². The molecule has 0 fully saturated rings. The number of hydrogen-bond acceptors (Lipinski definition) is 3. The maximum atomic E-state index is 10.5. The Labute approximate surface area is 105 Å². The van der Waals surface area contributed by atoms with E-state index in [1.165, 1.54) is 0 Å². The third kappa shape index (κ3) is 2.94. The fraction of sp³-hybridized carbons (Fsp3) is 0.308. The van der Waals surface area contributed by atoms with Crippen molar-refractivity contribution in [1.29, 1.82) is 0 Å². The van der Waals surface area contributed by atoms with Crippen molar-refractivity contribution in [2.24, 2.45) is 7.05 Å². The average Bonchev–Trinajstić information content (AvgIpc) is 2.70. The highest BCUT2D eigenvalue weighted by molar-refractivity contribution is 5.66. The van der Waals surface area contributed by atoms with Gasteiger partial charge >= 0.3 is 5.97 Å². The van der Waals surface area contributed by atoms with Crippen LogP contribution in [0.5, 0.6) is 0 Å². The van der Waals surface area contributed by atoms with Crippen LogP contribution in [0.1, 0.15) is 23.6 Å². The van der Waals surface area contributed by atoms with Gasteiger partial charge in [-0.05, 0) is 5.56 Å². The Balaban J connectivity index is 2.08. The molecule has 0 radical (unpaired) electrons. The summed E-state index contributed by atoms with van der Waals surface area (Å²) in [5.74, 6) is 0.743. The zero-order valence-electron chi connectivity index (χ0n) is 10.2. The van der Waals surface area contributed by atoms with E-state index in [0.717, 1.165) is 11.4 Å². The maximum Gasteiger partial charge on any atom is 0.303 e. The lowest BCUT2D eigenvalue weighted by Gasteiger charge is -2.03. The van der Waals surface area contributed by atoms with E-state index in [-0.39, 0.29) is 6.42 Å². The Bertz CT molecular complexity index is 534. The first-order valence-corrected chi connectivity index (χ1v) is 5.79.